The van der Waals surface area contributed by atoms with Gasteiger partial charge in [-0.15, -0.1) is 0 Å². The third kappa shape index (κ3) is 5.32. The van der Waals surface area contributed by atoms with Crippen LogP contribution in [-0.2, 0) is 0 Å². The number of esters is 1. The van der Waals surface area contributed by atoms with E-state index in [1.54, 1.807) is 68.8 Å². The molecule has 0 N–H and O–H groups in total. The zero-order valence-corrected chi connectivity index (χ0v) is 16.1. The van der Waals surface area contributed by atoms with E-state index in [1.807, 2.05) is 24.3 Å². The van der Waals surface area contributed by atoms with E-state index >= 15 is 0 Å². The van der Waals surface area contributed by atoms with Crippen LogP contribution in [0, 0.1) is 0 Å². The van der Waals surface area contributed by atoms with E-state index in [1.165, 1.54) is 6.08 Å². The molecule has 29 heavy (non-hydrogen) atoms. The van der Waals surface area contributed by atoms with Crippen LogP contribution in [-0.4, -0.2) is 26.0 Å². The summed E-state index contributed by atoms with van der Waals surface area (Å²) in [5, 5.41) is 0. The van der Waals surface area contributed by atoms with Gasteiger partial charge in [-0.3, -0.25) is 4.79 Å². The summed E-state index contributed by atoms with van der Waals surface area (Å²) < 4.78 is 15.6. The molecule has 0 saturated heterocycles. The Hall–Kier alpha value is -3.86. The fraction of sp³-hybridized carbons (Fsp3) is 0.0833. The summed E-state index contributed by atoms with van der Waals surface area (Å²) >= 11 is 0. The standard InChI is InChI=1S/C24H20O5/c1-27-20-11-9-19(10-12-20)24(26)29-21-13-7-18(8-14-21)23(25)15-6-17-4-3-5-22(16-17)28-2/h3-16H,1-2H3/b15-6+. The zero-order valence-electron chi connectivity index (χ0n) is 16.1. The van der Waals surface area contributed by atoms with Gasteiger partial charge >= 0.3 is 5.97 Å². The van der Waals surface area contributed by atoms with Gasteiger partial charge in [0.05, 0.1) is 19.8 Å². The third-order valence-electron chi connectivity index (χ3n) is 4.20. The van der Waals surface area contributed by atoms with Crippen LogP contribution >= 0.6 is 0 Å². The number of carbonyl (C=O) groups is 2. The zero-order chi connectivity index (χ0) is 20.6. The Morgan fingerprint density at radius 3 is 2.00 bits per heavy atom. The van der Waals surface area contributed by atoms with Crippen LogP contribution in [0.2, 0.25) is 0 Å². The molecule has 3 aromatic carbocycles. The number of hydrogen-bond acceptors (Lipinski definition) is 5. The molecule has 0 heterocycles. The van der Waals surface area contributed by atoms with Crippen LogP contribution in [0.15, 0.2) is 78.9 Å². The molecule has 146 valence electrons. The molecular weight excluding hydrogens is 368 g/mol. The monoisotopic (exact) mass is 388 g/mol. The third-order valence-corrected chi connectivity index (χ3v) is 4.20. The van der Waals surface area contributed by atoms with Gasteiger partial charge in [-0.2, -0.15) is 0 Å². The molecule has 0 aliphatic heterocycles. The van der Waals surface area contributed by atoms with Crippen LogP contribution < -0.4 is 14.2 Å². The predicted molar refractivity (Wildman–Crippen MR) is 111 cm³/mol. The molecule has 0 aliphatic carbocycles. The summed E-state index contributed by atoms with van der Waals surface area (Å²) in [5.41, 5.74) is 1.77. The van der Waals surface area contributed by atoms with Gasteiger partial charge in [-0.05, 0) is 72.3 Å². The molecule has 0 fully saturated rings. The Kier molecular flexibility index (Phi) is 6.43. The Labute approximate surface area is 169 Å². The molecule has 0 aromatic heterocycles. The summed E-state index contributed by atoms with van der Waals surface area (Å²) in [6, 6.07) is 20.5. The molecule has 0 amide bonds. The van der Waals surface area contributed by atoms with Crippen molar-refractivity contribution in [3.63, 3.8) is 0 Å². The van der Waals surface area contributed by atoms with E-state index in [-0.39, 0.29) is 5.78 Å². The highest BCUT2D eigenvalue weighted by Gasteiger charge is 2.09. The van der Waals surface area contributed by atoms with E-state index in [9.17, 15) is 9.59 Å². The second kappa shape index (κ2) is 9.37. The van der Waals surface area contributed by atoms with Crippen LogP contribution in [0.4, 0.5) is 0 Å². The maximum Gasteiger partial charge on any atom is 0.343 e. The van der Waals surface area contributed by atoms with Gasteiger partial charge in [0.1, 0.15) is 17.2 Å². The molecule has 5 heteroatoms. The van der Waals surface area contributed by atoms with Crippen LogP contribution in [0.25, 0.3) is 6.08 Å². The van der Waals surface area contributed by atoms with Crippen molar-refractivity contribution in [2.45, 2.75) is 0 Å². The van der Waals surface area contributed by atoms with Gasteiger partial charge in [0.15, 0.2) is 5.78 Å². The number of ketones is 1. The number of rotatable bonds is 7. The summed E-state index contributed by atoms with van der Waals surface area (Å²) in [4.78, 5) is 24.5. The Morgan fingerprint density at radius 1 is 0.724 bits per heavy atom. The lowest BCUT2D eigenvalue weighted by Crippen LogP contribution is -2.08. The van der Waals surface area contributed by atoms with E-state index < -0.39 is 5.97 Å². The Balaban J connectivity index is 1.63. The normalized spacial score (nSPS) is 10.6. The highest BCUT2D eigenvalue weighted by Crippen LogP contribution is 2.18. The first-order valence-electron chi connectivity index (χ1n) is 8.92. The number of methoxy groups -OCH3 is 2. The molecule has 0 radical (unpaired) electrons. The van der Waals surface area contributed by atoms with Gasteiger partial charge in [0, 0.05) is 5.56 Å². The average Bonchev–Trinajstić information content (AvgIpc) is 2.78. The summed E-state index contributed by atoms with van der Waals surface area (Å²) in [7, 11) is 3.15. The van der Waals surface area contributed by atoms with Crippen LogP contribution in [0.3, 0.4) is 0 Å². The Morgan fingerprint density at radius 2 is 1.34 bits per heavy atom. The highest BCUT2D eigenvalue weighted by atomic mass is 16.5. The lowest BCUT2D eigenvalue weighted by atomic mass is 10.1. The maximum atomic E-state index is 12.4. The summed E-state index contributed by atoms with van der Waals surface area (Å²) in [6.45, 7) is 0. The fourth-order valence-electron chi connectivity index (χ4n) is 2.59. The molecule has 3 rings (SSSR count). The maximum absolute atomic E-state index is 12.4. The molecule has 5 nitrogen and oxygen atoms in total. The Bertz CT molecular complexity index is 1020. The first-order chi connectivity index (χ1) is 14.1. The number of carbonyl (C=O) groups excluding carboxylic acids is 2. The molecule has 0 spiro atoms. The van der Waals surface area contributed by atoms with Gasteiger partial charge < -0.3 is 14.2 Å². The minimum atomic E-state index is -0.482. The number of hydrogen-bond donors (Lipinski definition) is 0. The number of allylic oxidation sites excluding steroid dienone is 1. The molecular formula is C24H20O5. The van der Waals surface area contributed by atoms with Crippen molar-refractivity contribution in [2.24, 2.45) is 0 Å². The van der Waals surface area contributed by atoms with Crippen molar-refractivity contribution in [1.82, 2.24) is 0 Å². The van der Waals surface area contributed by atoms with Crippen LogP contribution in [0.1, 0.15) is 26.3 Å². The second-order valence-corrected chi connectivity index (χ2v) is 6.12. The topological polar surface area (TPSA) is 61.8 Å². The minimum Gasteiger partial charge on any atom is -0.497 e. The van der Waals surface area contributed by atoms with Gasteiger partial charge in [-0.1, -0.05) is 18.2 Å². The molecule has 0 unspecified atom stereocenters. The van der Waals surface area contributed by atoms with Crippen LogP contribution in [0.5, 0.6) is 17.2 Å². The highest BCUT2D eigenvalue weighted by molar-refractivity contribution is 6.06. The molecule has 0 saturated carbocycles. The van der Waals surface area contributed by atoms with E-state index in [0.717, 1.165) is 11.3 Å². The fourth-order valence-corrected chi connectivity index (χ4v) is 2.59. The lowest BCUT2D eigenvalue weighted by Gasteiger charge is -2.06. The molecule has 0 atom stereocenters. The van der Waals surface area contributed by atoms with Gasteiger partial charge in [0.25, 0.3) is 0 Å². The summed E-state index contributed by atoms with van der Waals surface area (Å²) in [6.07, 6.45) is 3.22. The SMILES string of the molecule is COc1ccc(C(=O)Oc2ccc(C(=O)/C=C/c3cccc(OC)c3)cc2)cc1. The second-order valence-electron chi connectivity index (χ2n) is 6.12. The average molecular weight is 388 g/mol. The largest absolute Gasteiger partial charge is 0.497 e. The van der Waals surface area contributed by atoms with Gasteiger partial charge in [0.2, 0.25) is 0 Å². The quantitative estimate of drug-likeness (QED) is 0.251. The minimum absolute atomic E-state index is 0.152. The van der Waals surface area contributed by atoms with Crippen molar-refractivity contribution < 1.29 is 23.8 Å². The van der Waals surface area contributed by atoms with E-state index in [2.05, 4.69) is 0 Å². The predicted octanol–water partition coefficient (Wildman–Crippen LogP) is 4.82. The first kappa shape index (κ1) is 19.9. The van der Waals surface area contributed by atoms with Crippen molar-refractivity contribution in [3.8, 4) is 17.2 Å². The van der Waals surface area contributed by atoms with Crippen molar-refractivity contribution in [1.29, 1.82) is 0 Å². The number of ether oxygens (including phenoxy) is 3. The molecule has 0 aliphatic rings. The lowest BCUT2D eigenvalue weighted by molar-refractivity contribution is 0.0734. The molecule has 3 aromatic rings. The van der Waals surface area contributed by atoms with Gasteiger partial charge in [-0.25, -0.2) is 4.79 Å². The van der Waals surface area contributed by atoms with Crippen molar-refractivity contribution in [3.05, 3.63) is 95.6 Å². The van der Waals surface area contributed by atoms with E-state index in [0.29, 0.717) is 22.6 Å². The number of benzene rings is 3. The smallest absolute Gasteiger partial charge is 0.343 e. The van der Waals surface area contributed by atoms with Crippen molar-refractivity contribution >= 4 is 17.8 Å². The van der Waals surface area contributed by atoms with Crippen molar-refractivity contribution in [2.75, 3.05) is 14.2 Å². The van der Waals surface area contributed by atoms with E-state index in [4.69, 9.17) is 14.2 Å². The molecule has 0 bridgehead atoms. The summed E-state index contributed by atoms with van der Waals surface area (Å²) in [5.74, 6) is 1.11. The first-order valence-corrected chi connectivity index (χ1v) is 8.92.